The highest BCUT2D eigenvalue weighted by Gasteiger charge is 2.73. The smallest absolute Gasteiger partial charge is 0.349 e. The van der Waals surface area contributed by atoms with E-state index in [-0.39, 0.29) is 30.5 Å². The minimum atomic E-state index is -6.36. The van der Waals surface area contributed by atoms with Gasteiger partial charge in [0.25, 0.3) is 0 Å². The third-order valence-electron chi connectivity index (χ3n) is 6.17. The molecule has 0 saturated heterocycles. The number of hydrogen-bond acceptors (Lipinski definition) is 4. The number of amides is 1. The predicted molar refractivity (Wildman–Crippen MR) is 117 cm³/mol. The molecule has 0 radical (unpaired) electrons. The molecule has 1 amide bonds. The molecular formula is C24H18F8N2O3S. The van der Waals surface area contributed by atoms with Crippen molar-refractivity contribution in [2.45, 2.75) is 53.0 Å². The van der Waals surface area contributed by atoms with Gasteiger partial charge < -0.3 is 5.32 Å². The van der Waals surface area contributed by atoms with Crippen LogP contribution in [0.4, 0.5) is 35.1 Å². The van der Waals surface area contributed by atoms with Gasteiger partial charge in [0.1, 0.15) is 17.0 Å². The summed E-state index contributed by atoms with van der Waals surface area (Å²) in [5.41, 5.74) is -7.78. The molecule has 2 atom stereocenters. The zero-order valence-corrected chi connectivity index (χ0v) is 19.9. The van der Waals surface area contributed by atoms with Crippen molar-refractivity contribution in [1.29, 1.82) is 5.26 Å². The zero-order valence-electron chi connectivity index (χ0n) is 19.1. The maximum Gasteiger partial charge on any atom is 0.435 e. The van der Waals surface area contributed by atoms with Gasteiger partial charge in [-0.3, -0.25) is 4.79 Å². The highest BCUT2D eigenvalue weighted by Crippen LogP contribution is 2.53. The molecule has 0 saturated carbocycles. The van der Waals surface area contributed by atoms with Crippen LogP contribution in [0.2, 0.25) is 0 Å². The number of benzene rings is 2. The van der Waals surface area contributed by atoms with Crippen LogP contribution in [-0.4, -0.2) is 32.7 Å². The number of hydrogen-bond donors (Lipinski definition) is 1. The first-order valence-corrected chi connectivity index (χ1v) is 12.3. The summed E-state index contributed by atoms with van der Waals surface area (Å²) in [7, 11) is -4.52. The van der Waals surface area contributed by atoms with E-state index in [1.807, 2.05) is 0 Å². The van der Waals surface area contributed by atoms with Crippen molar-refractivity contribution < 1.29 is 48.3 Å². The molecule has 0 bridgehead atoms. The minimum absolute atomic E-state index is 0.0615. The largest absolute Gasteiger partial charge is 0.435 e. The second-order valence-corrected chi connectivity index (χ2v) is 10.7. The van der Waals surface area contributed by atoms with Crippen LogP contribution in [0.3, 0.4) is 0 Å². The summed E-state index contributed by atoms with van der Waals surface area (Å²) in [4.78, 5) is 11.3. The number of carbonyl (C=O) groups is 1. The molecule has 0 heterocycles. The van der Waals surface area contributed by atoms with Crippen LogP contribution in [0, 0.1) is 17.1 Å². The lowest BCUT2D eigenvalue weighted by molar-refractivity contribution is -0.348. The Morgan fingerprint density at radius 2 is 1.53 bits per heavy atom. The number of nitriles is 1. The van der Waals surface area contributed by atoms with Crippen LogP contribution in [0.5, 0.6) is 0 Å². The van der Waals surface area contributed by atoms with Gasteiger partial charge in [0.05, 0.1) is 11.0 Å². The molecule has 0 spiro atoms. The van der Waals surface area contributed by atoms with Crippen molar-refractivity contribution in [3.63, 3.8) is 0 Å². The van der Waals surface area contributed by atoms with Crippen LogP contribution in [-0.2, 0) is 25.0 Å². The molecule has 1 aliphatic carbocycles. The van der Waals surface area contributed by atoms with Gasteiger partial charge in [-0.15, -0.1) is 0 Å². The summed E-state index contributed by atoms with van der Waals surface area (Å²) in [5.74, 6) is -1.42. The fourth-order valence-electron chi connectivity index (χ4n) is 4.18. The van der Waals surface area contributed by atoms with Crippen molar-refractivity contribution in [2.24, 2.45) is 0 Å². The maximum absolute atomic E-state index is 14.5. The minimum Gasteiger partial charge on any atom is -0.349 e. The Labute approximate surface area is 211 Å². The predicted octanol–water partition coefficient (Wildman–Crippen LogP) is 5.53. The number of sulfone groups is 1. The lowest BCUT2D eigenvalue weighted by Crippen LogP contribution is -2.50. The van der Waals surface area contributed by atoms with Crippen LogP contribution >= 0.6 is 0 Å². The third-order valence-corrected chi connectivity index (χ3v) is 8.59. The molecule has 14 heteroatoms. The van der Waals surface area contributed by atoms with Crippen molar-refractivity contribution in [3.05, 3.63) is 77.6 Å². The molecule has 2 aromatic rings. The summed E-state index contributed by atoms with van der Waals surface area (Å²) < 4.78 is 132. The Morgan fingerprint density at radius 1 is 0.974 bits per heavy atom. The van der Waals surface area contributed by atoms with Gasteiger partial charge in [-0.05, 0) is 42.7 Å². The van der Waals surface area contributed by atoms with Gasteiger partial charge in [0, 0.05) is 11.6 Å². The van der Waals surface area contributed by atoms with E-state index < -0.39 is 67.3 Å². The molecule has 0 fully saturated rings. The van der Waals surface area contributed by atoms with E-state index in [2.05, 4.69) is 5.32 Å². The fraction of sp³-hybridized carbons (Fsp3) is 0.333. The zero-order chi connectivity index (χ0) is 28.6. The Kier molecular flexibility index (Phi) is 7.66. The van der Waals surface area contributed by atoms with E-state index in [0.29, 0.717) is 12.1 Å². The van der Waals surface area contributed by atoms with Gasteiger partial charge in [0.2, 0.25) is 5.91 Å². The van der Waals surface area contributed by atoms with E-state index in [1.165, 1.54) is 6.08 Å². The molecule has 1 N–H and O–H groups in total. The maximum atomic E-state index is 14.5. The number of carbonyl (C=O) groups excluding carboxylic acids is 1. The van der Waals surface area contributed by atoms with Gasteiger partial charge in [-0.25, -0.2) is 17.2 Å². The van der Waals surface area contributed by atoms with Crippen LogP contribution in [0.25, 0.3) is 0 Å². The van der Waals surface area contributed by atoms with Crippen LogP contribution < -0.4 is 5.32 Å². The monoisotopic (exact) mass is 566 g/mol. The molecule has 38 heavy (non-hydrogen) atoms. The number of halogens is 8. The summed E-state index contributed by atoms with van der Waals surface area (Å²) in [6.45, 7) is 0. The van der Waals surface area contributed by atoms with Crippen molar-refractivity contribution >= 4 is 15.7 Å². The number of rotatable bonds is 6. The van der Waals surface area contributed by atoms with E-state index in [1.54, 1.807) is 6.07 Å². The van der Waals surface area contributed by atoms with Gasteiger partial charge in [-0.1, -0.05) is 36.4 Å². The summed E-state index contributed by atoms with van der Waals surface area (Å²) in [6, 6.07) is 6.22. The van der Waals surface area contributed by atoms with Gasteiger partial charge in [0.15, 0.2) is 9.84 Å². The van der Waals surface area contributed by atoms with Crippen LogP contribution in [0.1, 0.15) is 30.4 Å². The third kappa shape index (κ3) is 4.99. The SMILES string of the molecule is N#CCC(=O)N[C@H]1C=C[C@@](c2ccc(C(F)(C(F)(F)F)C(F)(F)F)cc2)(S(=O)(=O)c2ccc(F)cc2)CC1. The fourth-order valence-corrected chi connectivity index (χ4v) is 6.19. The highest BCUT2D eigenvalue weighted by atomic mass is 32.2. The summed E-state index contributed by atoms with van der Waals surface area (Å²) >= 11 is 0. The van der Waals surface area contributed by atoms with Crippen molar-refractivity contribution in [2.75, 3.05) is 0 Å². The Hall–Kier alpha value is -3.47. The van der Waals surface area contributed by atoms with Gasteiger partial charge >= 0.3 is 18.0 Å². The number of alkyl halides is 7. The van der Waals surface area contributed by atoms with E-state index in [0.717, 1.165) is 30.3 Å². The Bertz CT molecular complexity index is 1350. The lowest BCUT2D eigenvalue weighted by Gasteiger charge is -2.36. The molecular weight excluding hydrogens is 548 g/mol. The number of nitrogens with one attached hydrogen (secondary N) is 1. The summed E-state index contributed by atoms with van der Waals surface area (Å²) in [5, 5.41) is 11.1. The normalized spacial score (nSPS) is 20.6. The summed E-state index contributed by atoms with van der Waals surface area (Å²) in [6.07, 6.45) is -11.2. The van der Waals surface area contributed by atoms with E-state index in [4.69, 9.17) is 5.26 Å². The highest BCUT2D eigenvalue weighted by molar-refractivity contribution is 7.92. The topological polar surface area (TPSA) is 87.0 Å². The number of nitrogens with zero attached hydrogens (tertiary/aromatic N) is 1. The van der Waals surface area contributed by atoms with Gasteiger partial charge in [-0.2, -0.15) is 31.6 Å². The molecule has 0 unspecified atom stereocenters. The molecule has 204 valence electrons. The first kappa shape index (κ1) is 29.1. The first-order valence-electron chi connectivity index (χ1n) is 10.8. The van der Waals surface area contributed by atoms with Crippen molar-refractivity contribution in [1.82, 2.24) is 5.32 Å². The van der Waals surface area contributed by atoms with E-state index in [9.17, 15) is 48.3 Å². The van der Waals surface area contributed by atoms with Crippen LogP contribution in [0.15, 0.2) is 65.6 Å². The molecule has 2 aromatic carbocycles. The molecule has 0 aromatic heterocycles. The van der Waals surface area contributed by atoms with Crippen molar-refractivity contribution in [3.8, 4) is 6.07 Å². The molecule has 1 aliphatic rings. The quantitative estimate of drug-likeness (QED) is 0.283. The second-order valence-electron chi connectivity index (χ2n) is 8.48. The van der Waals surface area contributed by atoms with E-state index >= 15 is 0 Å². The standard InChI is InChI=1S/C24H18F8N2O3S/c25-17-5-7-19(8-6-17)38(36,37)21(12-9-18(10-13-21)34-20(35)11-14-33)15-1-3-16(4-2-15)22(26,23(27,28)29)24(30,31)32/h1-9,12,18H,10-11,13H2,(H,34,35)/t18-,21+/m0/s1. The lowest BCUT2D eigenvalue weighted by atomic mass is 9.84. The molecule has 3 rings (SSSR count). The molecule has 0 aliphatic heterocycles. The average Bonchev–Trinajstić information content (AvgIpc) is 2.83. The average molecular weight is 566 g/mol. The first-order chi connectivity index (χ1) is 17.5. The Balaban J connectivity index is 2.15. The molecule has 5 nitrogen and oxygen atoms in total. The Morgan fingerprint density at radius 3 is 1.97 bits per heavy atom. The second kappa shape index (κ2) is 10.0.